The number of para-hydroxylation sites is 2. The Morgan fingerprint density at radius 1 is 0.885 bits per heavy atom. The second-order valence-electron chi connectivity index (χ2n) is 5.84. The zero-order chi connectivity index (χ0) is 18.2. The molecule has 3 heteroatoms. The Bertz CT molecular complexity index is 820. The SMILES string of the molecule is C=CCOc1ccccc1NC(=O)C(c1ccccc1)c1ccccc1. The first-order chi connectivity index (χ1) is 12.8. The fourth-order valence-electron chi connectivity index (χ4n) is 2.84. The zero-order valence-electron chi connectivity index (χ0n) is 14.5. The maximum atomic E-state index is 13.2. The van der Waals surface area contributed by atoms with Gasteiger partial charge < -0.3 is 10.1 Å². The molecule has 3 nitrogen and oxygen atoms in total. The Hall–Kier alpha value is -3.33. The highest BCUT2D eigenvalue weighted by Gasteiger charge is 2.23. The molecule has 0 spiro atoms. The Morgan fingerprint density at radius 3 is 2.00 bits per heavy atom. The van der Waals surface area contributed by atoms with Crippen LogP contribution in [0.2, 0.25) is 0 Å². The topological polar surface area (TPSA) is 38.3 Å². The van der Waals surface area contributed by atoms with E-state index in [4.69, 9.17) is 4.74 Å². The van der Waals surface area contributed by atoms with E-state index in [0.29, 0.717) is 18.0 Å². The summed E-state index contributed by atoms with van der Waals surface area (Å²) in [6, 6.07) is 27.0. The average Bonchev–Trinajstić information content (AvgIpc) is 2.69. The van der Waals surface area contributed by atoms with Crippen LogP contribution in [-0.4, -0.2) is 12.5 Å². The Labute approximate surface area is 154 Å². The lowest BCUT2D eigenvalue weighted by atomic mass is 9.90. The highest BCUT2D eigenvalue weighted by atomic mass is 16.5. The number of carbonyl (C=O) groups excluding carboxylic acids is 1. The van der Waals surface area contributed by atoms with Crippen LogP contribution in [0.1, 0.15) is 17.0 Å². The molecule has 3 aromatic rings. The van der Waals surface area contributed by atoms with Crippen molar-refractivity contribution < 1.29 is 9.53 Å². The summed E-state index contributed by atoms with van der Waals surface area (Å²) in [5.41, 5.74) is 2.54. The van der Waals surface area contributed by atoms with Crippen molar-refractivity contribution in [3.05, 3.63) is 109 Å². The van der Waals surface area contributed by atoms with Gasteiger partial charge in [0.1, 0.15) is 12.4 Å². The van der Waals surface area contributed by atoms with Crippen molar-refractivity contribution in [2.45, 2.75) is 5.92 Å². The minimum absolute atomic E-state index is 0.1000. The lowest BCUT2D eigenvalue weighted by Crippen LogP contribution is -2.22. The monoisotopic (exact) mass is 343 g/mol. The van der Waals surface area contributed by atoms with Crippen LogP contribution in [-0.2, 0) is 4.79 Å². The molecule has 0 aliphatic rings. The summed E-state index contributed by atoms with van der Waals surface area (Å²) in [5.74, 6) is 0.127. The van der Waals surface area contributed by atoms with Gasteiger partial charge in [-0.3, -0.25) is 4.79 Å². The molecule has 0 atom stereocenters. The molecule has 3 rings (SSSR count). The molecule has 0 heterocycles. The number of carbonyl (C=O) groups is 1. The molecule has 1 N–H and O–H groups in total. The predicted molar refractivity (Wildman–Crippen MR) is 105 cm³/mol. The summed E-state index contributed by atoms with van der Waals surface area (Å²) >= 11 is 0. The van der Waals surface area contributed by atoms with Crippen molar-refractivity contribution in [3.63, 3.8) is 0 Å². The van der Waals surface area contributed by atoms with Gasteiger partial charge in [-0.25, -0.2) is 0 Å². The predicted octanol–water partition coefficient (Wildman–Crippen LogP) is 5.02. The molecule has 0 aromatic heterocycles. The minimum Gasteiger partial charge on any atom is -0.487 e. The number of amides is 1. The van der Waals surface area contributed by atoms with Crippen molar-refractivity contribution in [1.29, 1.82) is 0 Å². The van der Waals surface area contributed by atoms with Gasteiger partial charge in [0.25, 0.3) is 0 Å². The number of benzene rings is 3. The molecule has 0 unspecified atom stereocenters. The van der Waals surface area contributed by atoms with Crippen LogP contribution >= 0.6 is 0 Å². The van der Waals surface area contributed by atoms with Crippen molar-refractivity contribution in [2.24, 2.45) is 0 Å². The van der Waals surface area contributed by atoms with Gasteiger partial charge in [0.05, 0.1) is 11.6 Å². The van der Waals surface area contributed by atoms with Crippen molar-refractivity contribution in [3.8, 4) is 5.75 Å². The maximum Gasteiger partial charge on any atom is 0.236 e. The van der Waals surface area contributed by atoms with Gasteiger partial charge in [-0.05, 0) is 23.3 Å². The third-order valence-corrected chi connectivity index (χ3v) is 4.03. The van der Waals surface area contributed by atoms with E-state index in [0.717, 1.165) is 11.1 Å². The van der Waals surface area contributed by atoms with Crippen LogP contribution < -0.4 is 10.1 Å². The van der Waals surface area contributed by atoms with E-state index in [-0.39, 0.29) is 5.91 Å². The molecule has 0 saturated carbocycles. The minimum atomic E-state index is -0.398. The van der Waals surface area contributed by atoms with Crippen molar-refractivity contribution in [2.75, 3.05) is 11.9 Å². The second-order valence-corrected chi connectivity index (χ2v) is 5.84. The number of anilines is 1. The highest BCUT2D eigenvalue weighted by Crippen LogP contribution is 2.29. The molecule has 0 radical (unpaired) electrons. The third-order valence-electron chi connectivity index (χ3n) is 4.03. The number of ether oxygens (including phenoxy) is 1. The van der Waals surface area contributed by atoms with Gasteiger partial charge in [-0.15, -0.1) is 0 Å². The fraction of sp³-hybridized carbons (Fsp3) is 0.0870. The summed E-state index contributed by atoms with van der Waals surface area (Å²) in [6.07, 6.45) is 1.68. The number of rotatable bonds is 7. The third kappa shape index (κ3) is 4.19. The van der Waals surface area contributed by atoms with Crippen LogP contribution in [0.5, 0.6) is 5.75 Å². The van der Waals surface area contributed by atoms with E-state index < -0.39 is 5.92 Å². The van der Waals surface area contributed by atoms with Crippen molar-refractivity contribution in [1.82, 2.24) is 0 Å². The summed E-state index contributed by atoms with van der Waals surface area (Å²) in [7, 11) is 0. The quantitative estimate of drug-likeness (QED) is 0.612. The fourth-order valence-corrected chi connectivity index (χ4v) is 2.84. The summed E-state index contributed by atoms with van der Waals surface area (Å²) < 4.78 is 5.65. The smallest absolute Gasteiger partial charge is 0.236 e. The Kier molecular flexibility index (Phi) is 5.84. The molecule has 0 fully saturated rings. The Morgan fingerprint density at radius 2 is 1.42 bits per heavy atom. The molecule has 26 heavy (non-hydrogen) atoms. The zero-order valence-corrected chi connectivity index (χ0v) is 14.5. The molecular formula is C23H21NO2. The van der Waals surface area contributed by atoms with Crippen LogP contribution in [0, 0.1) is 0 Å². The van der Waals surface area contributed by atoms with Crippen molar-refractivity contribution >= 4 is 11.6 Å². The van der Waals surface area contributed by atoms with Crippen LogP contribution in [0.3, 0.4) is 0 Å². The number of hydrogen-bond acceptors (Lipinski definition) is 2. The molecule has 0 aliphatic heterocycles. The van der Waals surface area contributed by atoms with E-state index in [1.54, 1.807) is 6.08 Å². The first kappa shape index (κ1) is 17.5. The molecular weight excluding hydrogens is 322 g/mol. The summed E-state index contributed by atoms with van der Waals surface area (Å²) in [6.45, 7) is 4.04. The van der Waals surface area contributed by atoms with Crippen LogP contribution in [0.4, 0.5) is 5.69 Å². The van der Waals surface area contributed by atoms with Crippen LogP contribution in [0.15, 0.2) is 97.6 Å². The average molecular weight is 343 g/mol. The lowest BCUT2D eigenvalue weighted by molar-refractivity contribution is -0.116. The van der Waals surface area contributed by atoms with E-state index in [9.17, 15) is 4.79 Å². The van der Waals surface area contributed by atoms with Gasteiger partial charge in [0.2, 0.25) is 5.91 Å². The molecule has 0 bridgehead atoms. The molecule has 0 aliphatic carbocycles. The van der Waals surface area contributed by atoms with Crippen LogP contribution in [0.25, 0.3) is 0 Å². The van der Waals surface area contributed by atoms with E-state index >= 15 is 0 Å². The summed E-state index contributed by atoms with van der Waals surface area (Å²) in [4.78, 5) is 13.2. The maximum absolute atomic E-state index is 13.2. The Balaban J connectivity index is 1.91. The van der Waals surface area contributed by atoms with E-state index in [1.165, 1.54) is 0 Å². The van der Waals surface area contributed by atoms with Gasteiger partial charge in [-0.1, -0.05) is 85.5 Å². The number of nitrogens with one attached hydrogen (secondary N) is 1. The van der Waals surface area contributed by atoms with E-state index in [2.05, 4.69) is 11.9 Å². The second kappa shape index (κ2) is 8.67. The van der Waals surface area contributed by atoms with Gasteiger partial charge in [0, 0.05) is 0 Å². The normalized spacial score (nSPS) is 10.3. The molecule has 1 amide bonds. The van der Waals surface area contributed by atoms with Gasteiger partial charge in [-0.2, -0.15) is 0 Å². The van der Waals surface area contributed by atoms with E-state index in [1.807, 2.05) is 84.9 Å². The molecule has 0 saturated heterocycles. The highest BCUT2D eigenvalue weighted by molar-refractivity contribution is 5.99. The summed E-state index contributed by atoms with van der Waals surface area (Å²) in [5, 5.41) is 3.02. The molecule has 3 aromatic carbocycles. The lowest BCUT2D eigenvalue weighted by Gasteiger charge is -2.19. The standard InChI is InChI=1S/C23H21NO2/c1-2-17-26-21-16-10-9-15-20(21)24-23(25)22(18-11-5-3-6-12-18)19-13-7-4-8-14-19/h2-16,22H,1,17H2,(H,24,25). The molecule has 130 valence electrons. The van der Waals surface area contributed by atoms with Gasteiger partial charge in [0.15, 0.2) is 0 Å². The first-order valence-electron chi connectivity index (χ1n) is 8.53. The number of hydrogen-bond donors (Lipinski definition) is 1. The van der Waals surface area contributed by atoms with Gasteiger partial charge >= 0.3 is 0 Å². The largest absolute Gasteiger partial charge is 0.487 e. The first-order valence-corrected chi connectivity index (χ1v) is 8.53.